The van der Waals surface area contributed by atoms with E-state index in [4.69, 9.17) is 0 Å². The molecule has 2 rings (SSSR count). The number of nitrogens with zero attached hydrogens (tertiary/aromatic N) is 1. The summed E-state index contributed by atoms with van der Waals surface area (Å²) in [6.07, 6.45) is 3.87. The van der Waals surface area contributed by atoms with Gasteiger partial charge in [0.05, 0.1) is 5.60 Å². The van der Waals surface area contributed by atoms with E-state index in [9.17, 15) is 5.11 Å². The fraction of sp³-hybridized carbons (Fsp3) is 0.647. The molecule has 0 aliphatic carbocycles. The maximum Gasteiger partial charge on any atom is 0.0994 e. The normalized spacial score (nSPS) is 22.7. The molecule has 2 unspecified atom stereocenters. The lowest BCUT2D eigenvalue weighted by atomic mass is 9.95. The molecular formula is C17H28N2O. The van der Waals surface area contributed by atoms with Crippen LogP contribution in [-0.2, 0) is 5.60 Å². The minimum Gasteiger partial charge on any atom is -0.384 e. The minimum atomic E-state index is -0.786. The highest BCUT2D eigenvalue weighted by Crippen LogP contribution is 2.22. The highest BCUT2D eigenvalue weighted by molar-refractivity contribution is 5.21. The van der Waals surface area contributed by atoms with Gasteiger partial charge < -0.3 is 10.4 Å². The molecule has 1 aromatic rings. The van der Waals surface area contributed by atoms with Crippen molar-refractivity contribution >= 4 is 0 Å². The molecule has 1 aliphatic rings. The van der Waals surface area contributed by atoms with Gasteiger partial charge in [-0.1, -0.05) is 43.7 Å². The quantitative estimate of drug-likeness (QED) is 0.837. The maximum absolute atomic E-state index is 10.8. The van der Waals surface area contributed by atoms with Gasteiger partial charge in [-0.15, -0.1) is 0 Å². The zero-order valence-electron chi connectivity index (χ0n) is 12.8. The Kier molecular flexibility index (Phi) is 5.58. The lowest BCUT2D eigenvalue weighted by molar-refractivity contribution is 0.0139. The summed E-state index contributed by atoms with van der Waals surface area (Å²) in [5, 5.41) is 14.3. The topological polar surface area (TPSA) is 35.5 Å². The van der Waals surface area contributed by atoms with E-state index < -0.39 is 5.60 Å². The van der Waals surface area contributed by atoms with Crippen molar-refractivity contribution in [3.63, 3.8) is 0 Å². The Hall–Kier alpha value is -0.900. The zero-order valence-corrected chi connectivity index (χ0v) is 12.8. The Morgan fingerprint density at radius 2 is 2.05 bits per heavy atom. The van der Waals surface area contributed by atoms with Crippen molar-refractivity contribution in [3.8, 4) is 0 Å². The SMILES string of the molecule is CCN(CC1CCCCN1)CC(C)(O)c1ccccc1. The van der Waals surface area contributed by atoms with Crippen LogP contribution in [-0.4, -0.2) is 42.2 Å². The number of piperidine rings is 1. The molecule has 1 saturated heterocycles. The molecule has 0 spiro atoms. The molecule has 1 aromatic carbocycles. The van der Waals surface area contributed by atoms with E-state index >= 15 is 0 Å². The van der Waals surface area contributed by atoms with Crippen LogP contribution in [0.5, 0.6) is 0 Å². The summed E-state index contributed by atoms with van der Waals surface area (Å²) >= 11 is 0. The van der Waals surface area contributed by atoms with E-state index in [0.717, 1.165) is 25.2 Å². The summed E-state index contributed by atoms with van der Waals surface area (Å²) in [6, 6.07) is 10.6. The van der Waals surface area contributed by atoms with Gasteiger partial charge in [-0.25, -0.2) is 0 Å². The van der Waals surface area contributed by atoms with Crippen molar-refractivity contribution in [2.75, 3.05) is 26.2 Å². The number of hydrogen-bond acceptors (Lipinski definition) is 3. The van der Waals surface area contributed by atoms with E-state index in [1.165, 1.54) is 19.3 Å². The number of aliphatic hydroxyl groups is 1. The summed E-state index contributed by atoms with van der Waals surface area (Å²) in [5.74, 6) is 0. The Morgan fingerprint density at radius 1 is 1.30 bits per heavy atom. The smallest absolute Gasteiger partial charge is 0.0994 e. The molecule has 20 heavy (non-hydrogen) atoms. The molecule has 1 heterocycles. The van der Waals surface area contributed by atoms with Gasteiger partial charge in [-0.05, 0) is 38.4 Å². The summed E-state index contributed by atoms with van der Waals surface area (Å²) < 4.78 is 0. The van der Waals surface area contributed by atoms with Crippen LogP contribution in [0.4, 0.5) is 0 Å². The highest BCUT2D eigenvalue weighted by Gasteiger charge is 2.27. The summed E-state index contributed by atoms with van der Waals surface area (Å²) in [4.78, 5) is 2.36. The molecule has 0 radical (unpaired) electrons. The number of nitrogens with one attached hydrogen (secondary N) is 1. The molecule has 2 N–H and O–H groups in total. The monoisotopic (exact) mass is 276 g/mol. The second kappa shape index (κ2) is 7.21. The molecule has 1 aliphatic heterocycles. The molecular weight excluding hydrogens is 248 g/mol. The summed E-state index contributed by atoms with van der Waals surface area (Å²) in [5.41, 5.74) is 0.210. The van der Waals surface area contributed by atoms with Gasteiger partial charge in [-0.2, -0.15) is 0 Å². The third-order valence-corrected chi connectivity index (χ3v) is 4.27. The Labute approximate surface area is 123 Å². The Bertz CT molecular complexity index is 385. The van der Waals surface area contributed by atoms with E-state index in [1.54, 1.807) is 0 Å². The first kappa shape index (κ1) is 15.5. The summed E-state index contributed by atoms with van der Waals surface area (Å²) in [6.45, 7) is 7.91. The van der Waals surface area contributed by atoms with Crippen LogP contribution in [0.2, 0.25) is 0 Å². The van der Waals surface area contributed by atoms with Crippen molar-refractivity contribution in [1.29, 1.82) is 0 Å². The van der Waals surface area contributed by atoms with E-state index in [-0.39, 0.29) is 0 Å². The Morgan fingerprint density at radius 3 is 2.65 bits per heavy atom. The molecule has 3 nitrogen and oxygen atoms in total. The average molecular weight is 276 g/mol. The fourth-order valence-electron chi connectivity index (χ4n) is 3.02. The largest absolute Gasteiger partial charge is 0.384 e. The van der Waals surface area contributed by atoms with Crippen molar-refractivity contribution in [2.24, 2.45) is 0 Å². The molecule has 1 fully saturated rings. The van der Waals surface area contributed by atoms with Crippen LogP contribution >= 0.6 is 0 Å². The van der Waals surface area contributed by atoms with Crippen LogP contribution in [0.25, 0.3) is 0 Å². The molecule has 0 aromatic heterocycles. The predicted molar refractivity (Wildman–Crippen MR) is 83.8 cm³/mol. The number of hydrogen-bond donors (Lipinski definition) is 2. The van der Waals surface area contributed by atoms with E-state index in [1.807, 2.05) is 37.3 Å². The zero-order chi connectivity index (χ0) is 14.4. The molecule has 0 bridgehead atoms. The van der Waals surface area contributed by atoms with Crippen molar-refractivity contribution < 1.29 is 5.11 Å². The van der Waals surface area contributed by atoms with Crippen LogP contribution in [0, 0.1) is 0 Å². The van der Waals surface area contributed by atoms with Crippen LogP contribution < -0.4 is 5.32 Å². The van der Waals surface area contributed by atoms with Gasteiger partial charge in [0, 0.05) is 19.1 Å². The number of benzene rings is 1. The lowest BCUT2D eigenvalue weighted by Crippen LogP contribution is -2.47. The lowest BCUT2D eigenvalue weighted by Gasteiger charge is -2.35. The van der Waals surface area contributed by atoms with Gasteiger partial charge in [0.1, 0.15) is 0 Å². The van der Waals surface area contributed by atoms with Gasteiger partial charge >= 0.3 is 0 Å². The second-order valence-corrected chi connectivity index (χ2v) is 6.11. The third-order valence-electron chi connectivity index (χ3n) is 4.27. The van der Waals surface area contributed by atoms with Crippen molar-refractivity contribution in [3.05, 3.63) is 35.9 Å². The van der Waals surface area contributed by atoms with Gasteiger partial charge in [0.15, 0.2) is 0 Å². The van der Waals surface area contributed by atoms with Crippen LogP contribution in [0.3, 0.4) is 0 Å². The maximum atomic E-state index is 10.8. The molecule has 3 heteroatoms. The number of rotatable bonds is 6. The molecule has 2 atom stereocenters. The predicted octanol–water partition coefficient (Wildman–Crippen LogP) is 2.36. The average Bonchev–Trinajstić information content (AvgIpc) is 2.48. The summed E-state index contributed by atoms with van der Waals surface area (Å²) in [7, 11) is 0. The second-order valence-electron chi connectivity index (χ2n) is 6.11. The first-order valence-electron chi connectivity index (χ1n) is 7.85. The van der Waals surface area contributed by atoms with Gasteiger partial charge in [-0.3, -0.25) is 4.90 Å². The Balaban J connectivity index is 1.94. The van der Waals surface area contributed by atoms with Gasteiger partial charge in [0.25, 0.3) is 0 Å². The molecule has 0 amide bonds. The van der Waals surface area contributed by atoms with Crippen LogP contribution in [0.15, 0.2) is 30.3 Å². The van der Waals surface area contributed by atoms with Gasteiger partial charge in [0.2, 0.25) is 0 Å². The molecule has 0 saturated carbocycles. The first-order chi connectivity index (χ1) is 9.62. The third kappa shape index (κ3) is 4.30. The number of likely N-dealkylation sites (N-methyl/N-ethyl adjacent to an activating group) is 1. The molecule has 112 valence electrons. The van der Waals surface area contributed by atoms with Crippen molar-refractivity contribution in [2.45, 2.75) is 44.8 Å². The fourth-order valence-corrected chi connectivity index (χ4v) is 3.02. The van der Waals surface area contributed by atoms with Crippen LogP contribution in [0.1, 0.15) is 38.7 Å². The standard InChI is InChI=1S/C17H28N2O/c1-3-19(13-16-11-7-8-12-18-16)14-17(2,20)15-9-5-4-6-10-15/h4-6,9-10,16,18,20H,3,7-8,11-14H2,1-2H3. The first-order valence-corrected chi connectivity index (χ1v) is 7.85. The van der Waals surface area contributed by atoms with E-state index in [2.05, 4.69) is 17.1 Å². The van der Waals surface area contributed by atoms with Crippen molar-refractivity contribution in [1.82, 2.24) is 10.2 Å². The highest BCUT2D eigenvalue weighted by atomic mass is 16.3. The van der Waals surface area contributed by atoms with E-state index in [0.29, 0.717) is 12.6 Å². The minimum absolute atomic E-state index is 0.579.